The molecule has 1 aliphatic rings. The molecule has 1 aliphatic carbocycles. The van der Waals surface area contributed by atoms with Crippen LogP contribution in [0.15, 0.2) is 42.5 Å². The smallest absolute Gasteiger partial charge is 0.310 e. The quantitative estimate of drug-likeness (QED) is 0.788. The maximum Gasteiger partial charge on any atom is 0.310 e. The van der Waals surface area contributed by atoms with Gasteiger partial charge < -0.3 is 9.84 Å². The highest BCUT2D eigenvalue weighted by Crippen LogP contribution is 2.21. The summed E-state index contributed by atoms with van der Waals surface area (Å²) in [5.74, 6) is -1.16. The van der Waals surface area contributed by atoms with E-state index < -0.39 is 5.97 Å². The maximum absolute atomic E-state index is 10.7. The lowest BCUT2D eigenvalue weighted by molar-refractivity contribution is -0.140. The van der Waals surface area contributed by atoms with Crippen molar-refractivity contribution in [2.75, 3.05) is 0 Å². The summed E-state index contributed by atoms with van der Waals surface area (Å²) in [7, 11) is 0. The summed E-state index contributed by atoms with van der Waals surface area (Å²) in [6.07, 6.45) is 4.02. The summed E-state index contributed by atoms with van der Waals surface area (Å²) in [6.45, 7) is 0.530. The Kier molecular flexibility index (Phi) is 3.37. The average molecular weight is 218 g/mol. The van der Waals surface area contributed by atoms with E-state index in [1.54, 1.807) is 6.08 Å². The summed E-state index contributed by atoms with van der Waals surface area (Å²) >= 11 is 0. The SMILES string of the molecule is O=C(O)[C@@H]1C=C[C@H](OCc2ccccc2)C1. The standard InChI is InChI=1S/C13H14O3/c14-13(15)11-6-7-12(8-11)16-9-10-4-2-1-3-5-10/h1-7,11-12H,8-9H2,(H,14,15)/t11-,12+/m1/s1. The molecular weight excluding hydrogens is 204 g/mol. The van der Waals surface area contributed by atoms with Gasteiger partial charge in [0.25, 0.3) is 0 Å². The molecule has 0 amide bonds. The number of ether oxygens (including phenoxy) is 1. The van der Waals surface area contributed by atoms with Gasteiger partial charge in [-0.15, -0.1) is 0 Å². The first kappa shape index (κ1) is 10.9. The summed E-state index contributed by atoms with van der Waals surface area (Å²) in [5.41, 5.74) is 1.11. The first-order chi connectivity index (χ1) is 7.75. The topological polar surface area (TPSA) is 46.5 Å². The number of carbonyl (C=O) groups is 1. The molecule has 0 fully saturated rings. The summed E-state index contributed by atoms with van der Waals surface area (Å²) in [6, 6.07) is 9.87. The molecule has 0 spiro atoms. The second-order valence-corrected chi connectivity index (χ2v) is 3.90. The zero-order valence-corrected chi connectivity index (χ0v) is 8.87. The molecule has 3 heteroatoms. The van der Waals surface area contributed by atoms with Gasteiger partial charge in [0.15, 0.2) is 0 Å². The van der Waals surface area contributed by atoms with Crippen LogP contribution in [0, 0.1) is 5.92 Å². The van der Waals surface area contributed by atoms with Crippen LogP contribution < -0.4 is 0 Å². The van der Waals surface area contributed by atoms with Crippen molar-refractivity contribution in [2.24, 2.45) is 5.92 Å². The van der Waals surface area contributed by atoms with E-state index in [-0.39, 0.29) is 12.0 Å². The van der Waals surface area contributed by atoms with Gasteiger partial charge in [-0.3, -0.25) is 4.79 Å². The second-order valence-electron chi connectivity index (χ2n) is 3.90. The van der Waals surface area contributed by atoms with Crippen molar-refractivity contribution in [3.63, 3.8) is 0 Å². The fourth-order valence-electron chi connectivity index (χ4n) is 1.75. The van der Waals surface area contributed by atoms with Crippen LogP contribution in [0.3, 0.4) is 0 Å². The van der Waals surface area contributed by atoms with Gasteiger partial charge in [0.2, 0.25) is 0 Å². The van der Waals surface area contributed by atoms with Crippen LogP contribution in [0.4, 0.5) is 0 Å². The van der Waals surface area contributed by atoms with Crippen LogP contribution in [0.25, 0.3) is 0 Å². The van der Waals surface area contributed by atoms with Crippen molar-refractivity contribution in [3.8, 4) is 0 Å². The van der Waals surface area contributed by atoms with Gasteiger partial charge in [-0.05, 0) is 12.0 Å². The molecule has 2 rings (SSSR count). The maximum atomic E-state index is 10.7. The van der Waals surface area contributed by atoms with Crippen molar-refractivity contribution in [2.45, 2.75) is 19.1 Å². The molecular formula is C13H14O3. The minimum atomic E-state index is -0.776. The lowest BCUT2D eigenvalue weighted by Crippen LogP contribution is -2.14. The van der Waals surface area contributed by atoms with Crippen LogP contribution in [0.1, 0.15) is 12.0 Å². The van der Waals surface area contributed by atoms with Gasteiger partial charge in [0.05, 0.1) is 18.6 Å². The molecule has 84 valence electrons. The molecule has 2 atom stereocenters. The van der Waals surface area contributed by atoms with E-state index >= 15 is 0 Å². The van der Waals surface area contributed by atoms with Crippen molar-refractivity contribution in [1.29, 1.82) is 0 Å². The monoisotopic (exact) mass is 218 g/mol. The molecule has 1 N–H and O–H groups in total. The number of aliphatic carboxylic acids is 1. The third kappa shape index (κ3) is 2.70. The van der Waals surface area contributed by atoms with Crippen molar-refractivity contribution < 1.29 is 14.6 Å². The van der Waals surface area contributed by atoms with Crippen molar-refractivity contribution >= 4 is 5.97 Å². The minimum absolute atomic E-state index is 0.0682. The molecule has 0 bridgehead atoms. The third-order valence-electron chi connectivity index (χ3n) is 2.67. The van der Waals surface area contributed by atoms with Gasteiger partial charge in [0, 0.05) is 0 Å². The predicted octanol–water partition coefficient (Wildman–Crippen LogP) is 2.23. The van der Waals surface area contributed by atoms with Crippen molar-refractivity contribution in [1.82, 2.24) is 0 Å². The normalized spacial score (nSPS) is 23.5. The van der Waals surface area contributed by atoms with Crippen molar-refractivity contribution in [3.05, 3.63) is 48.0 Å². The molecule has 16 heavy (non-hydrogen) atoms. The molecule has 0 aliphatic heterocycles. The Labute approximate surface area is 94.4 Å². The first-order valence-electron chi connectivity index (χ1n) is 5.32. The van der Waals surface area contributed by atoms with Crippen LogP contribution in [0.5, 0.6) is 0 Å². The lowest BCUT2D eigenvalue weighted by Gasteiger charge is -2.11. The van der Waals surface area contributed by atoms with E-state index in [9.17, 15) is 4.79 Å². The Bertz CT molecular complexity index is 383. The molecule has 0 heterocycles. The molecule has 0 unspecified atom stereocenters. The third-order valence-corrected chi connectivity index (χ3v) is 2.67. The Balaban J connectivity index is 1.81. The number of carboxylic acid groups (broad SMARTS) is 1. The molecule has 3 nitrogen and oxygen atoms in total. The number of hydrogen-bond donors (Lipinski definition) is 1. The van der Waals surface area contributed by atoms with Gasteiger partial charge in [-0.2, -0.15) is 0 Å². The highest BCUT2D eigenvalue weighted by atomic mass is 16.5. The second kappa shape index (κ2) is 4.94. The van der Waals surface area contributed by atoms with Gasteiger partial charge >= 0.3 is 5.97 Å². The van der Waals surface area contributed by atoms with Crippen LogP contribution in [0.2, 0.25) is 0 Å². The Morgan fingerprint density at radius 1 is 1.31 bits per heavy atom. The van der Waals surface area contributed by atoms with Gasteiger partial charge in [-0.1, -0.05) is 42.5 Å². The first-order valence-corrected chi connectivity index (χ1v) is 5.32. The fourth-order valence-corrected chi connectivity index (χ4v) is 1.75. The number of carboxylic acids is 1. The van der Waals surface area contributed by atoms with Gasteiger partial charge in [0.1, 0.15) is 0 Å². The lowest BCUT2D eigenvalue weighted by atomic mass is 10.1. The molecule has 0 aromatic heterocycles. The number of hydrogen-bond acceptors (Lipinski definition) is 2. The van der Waals surface area contributed by atoms with Crippen LogP contribution in [-0.4, -0.2) is 17.2 Å². The van der Waals surface area contributed by atoms with E-state index in [0.717, 1.165) is 5.56 Å². The molecule has 0 saturated carbocycles. The molecule has 1 aromatic rings. The number of rotatable bonds is 4. The Hall–Kier alpha value is -1.61. The zero-order chi connectivity index (χ0) is 11.4. The Morgan fingerprint density at radius 2 is 2.06 bits per heavy atom. The number of benzene rings is 1. The van der Waals surface area contributed by atoms with E-state index in [1.807, 2.05) is 36.4 Å². The summed E-state index contributed by atoms with van der Waals surface area (Å²) in [4.78, 5) is 10.7. The Morgan fingerprint density at radius 3 is 2.69 bits per heavy atom. The zero-order valence-electron chi connectivity index (χ0n) is 8.87. The highest BCUT2D eigenvalue weighted by molar-refractivity contribution is 5.72. The average Bonchev–Trinajstić information content (AvgIpc) is 2.76. The summed E-state index contributed by atoms with van der Waals surface area (Å²) < 4.78 is 5.62. The van der Waals surface area contributed by atoms with E-state index in [2.05, 4.69) is 0 Å². The largest absolute Gasteiger partial charge is 0.481 e. The van der Waals surface area contributed by atoms with Gasteiger partial charge in [-0.25, -0.2) is 0 Å². The highest BCUT2D eigenvalue weighted by Gasteiger charge is 2.24. The van der Waals surface area contributed by atoms with E-state index in [0.29, 0.717) is 13.0 Å². The van der Waals surface area contributed by atoms with E-state index in [4.69, 9.17) is 9.84 Å². The fraction of sp³-hybridized carbons (Fsp3) is 0.308. The minimum Gasteiger partial charge on any atom is -0.481 e. The molecule has 1 aromatic carbocycles. The summed E-state index contributed by atoms with van der Waals surface area (Å²) in [5, 5.41) is 8.81. The van der Waals surface area contributed by atoms with Crippen LogP contribution in [-0.2, 0) is 16.1 Å². The predicted molar refractivity (Wildman–Crippen MR) is 59.9 cm³/mol. The van der Waals surface area contributed by atoms with E-state index in [1.165, 1.54) is 0 Å². The van der Waals surface area contributed by atoms with Crippen LogP contribution >= 0.6 is 0 Å². The molecule has 0 radical (unpaired) electrons. The molecule has 0 saturated heterocycles.